The molecule has 0 N–H and O–H groups in total. The summed E-state index contributed by atoms with van der Waals surface area (Å²) in [6.07, 6.45) is 25.6. The lowest BCUT2D eigenvalue weighted by Crippen LogP contribution is -2.55. The van der Waals surface area contributed by atoms with Crippen molar-refractivity contribution in [2.24, 2.45) is 16.2 Å². The molecule has 0 bridgehead atoms. The molecule has 6 aliphatic carbocycles. The second-order valence-corrected chi connectivity index (χ2v) is 28.7. The zero-order chi connectivity index (χ0) is 66.8. The van der Waals surface area contributed by atoms with E-state index in [1.165, 1.54) is 53.1 Å². The molecule has 0 radical (unpaired) electrons. The molecule has 19 nitrogen and oxygen atoms in total. The number of hydrogen-bond donors (Lipinski definition) is 0. The minimum absolute atomic E-state index is 0.181. The number of halogens is 3. The van der Waals surface area contributed by atoms with E-state index < -0.39 is 16.8 Å². The van der Waals surface area contributed by atoms with Gasteiger partial charge in [-0.3, -0.25) is 0 Å². The van der Waals surface area contributed by atoms with Gasteiger partial charge < -0.3 is 48.1 Å². The van der Waals surface area contributed by atoms with E-state index in [1.807, 2.05) is 42.4 Å². The molecule has 3 spiro atoms. The summed E-state index contributed by atoms with van der Waals surface area (Å²) in [6.45, 7) is 12.5. The lowest BCUT2D eigenvalue weighted by molar-refractivity contribution is -0.181. The zero-order valence-corrected chi connectivity index (χ0v) is 55.5. The van der Waals surface area contributed by atoms with E-state index in [9.17, 15) is 32.3 Å². The van der Waals surface area contributed by atoms with Gasteiger partial charge in [0.1, 0.15) is 40.5 Å². The first-order valence-corrected chi connectivity index (χ1v) is 34.1. The highest BCUT2D eigenvalue weighted by Gasteiger charge is 2.64. The van der Waals surface area contributed by atoms with Crippen LogP contribution in [0.4, 0.5) is 27.6 Å². The average Bonchev–Trinajstić information content (AvgIpc) is 1.46. The summed E-state index contributed by atoms with van der Waals surface area (Å²) < 4.78 is 75.6. The van der Waals surface area contributed by atoms with Crippen LogP contribution in [0.15, 0.2) is 108 Å². The maximum atomic E-state index is 13.4. The maximum Gasteiger partial charge on any atom is 0.410 e. The van der Waals surface area contributed by atoms with Crippen molar-refractivity contribution < 1.29 is 56.0 Å². The molecule has 22 heteroatoms. The average molecular weight is 1320 g/mol. The van der Waals surface area contributed by atoms with Gasteiger partial charge in [0.2, 0.25) is 0 Å². The predicted octanol–water partition coefficient (Wildman–Crippen LogP) is 12.7. The topological polar surface area (TPSA) is 181 Å². The van der Waals surface area contributed by atoms with E-state index in [0.29, 0.717) is 58.8 Å². The van der Waals surface area contributed by atoms with Crippen LogP contribution in [0.2, 0.25) is 0 Å². The lowest BCUT2D eigenvalue weighted by atomic mass is 9.57. The van der Waals surface area contributed by atoms with E-state index in [1.54, 1.807) is 41.3 Å². The maximum absolute atomic E-state index is 13.4. The number of rotatable bonds is 13. The highest BCUT2D eigenvalue weighted by molar-refractivity contribution is 5.75. The zero-order valence-electron chi connectivity index (χ0n) is 55.5. The molecule has 3 aromatic carbocycles. The fraction of sp³-hybridized carbons (Fsp3) is 0.500. The van der Waals surface area contributed by atoms with Crippen LogP contribution in [-0.2, 0) is 47.7 Å². The molecule has 6 atom stereocenters. The van der Waals surface area contributed by atoms with Crippen molar-refractivity contribution in [2.75, 3.05) is 73.1 Å². The highest BCUT2D eigenvalue weighted by atomic mass is 19.1. The van der Waals surface area contributed by atoms with E-state index in [2.05, 4.69) is 73.3 Å². The summed E-state index contributed by atoms with van der Waals surface area (Å²) in [5.74, 6) is -0.797. The number of aromatic nitrogens is 6. The van der Waals surface area contributed by atoms with Crippen molar-refractivity contribution in [3.63, 3.8) is 0 Å². The van der Waals surface area contributed by atoms with Gasteiger partial charge in [-0.2, -0.15) is 15.3 Å². The summed E-state index contributed by atoms with van der Waals surface area (Å²) in [5.41, 5.74) is 10.3. The molecule has 4 aliphatic heterocycles. The Morgan fingerprint density at radius 2 is 0.865 bits per heavy atom. The first-order valence-electron chi connectivity index (χ1n) is 34.1. The van der Waals surface area contributed by atoms with Gasteiger partial charge in [0.15, 0.2) is 6.29 Å². The Balaban J connectivity index is 0.000000124. The Kier molecular flexibility index (Phi) is 17.3. The van der Waals surface area contributed by atoms with Crippen LogP contribution < -0.4 is 0 Å². The molecule has 7 fully saturated rings. The number of amides is 3. The molecular formula is C74H85F3N10O9. The van der Waals surface area contributed by atoms with Crippen LogP contribution in [0.5, 0.6) is 0 Å². The number of fused-ring (bicyclic) bond motifs is 9. The van der Waals surface area contributed by atoms with Crippen molar-refractivity contribution in [1.29, 1.82) is 0 Å². The number of carbonyl (C=O) groups is 4. The fourth-order valence-corrected chi connectivity index (χ4v) is 17.2. The molecule has 3 aromatic heterocycles. The standard InChI is InChI=1S/C26H30FN3O4.C25H31FN4O2.C23H24FN3O3/c1-25-15-18-16-28-30(21-7-5-20(27)6-8-21)22(18)14-19(25)4-2-10-26(25)17-29(24(31)34-26)11-9-23-32-12-3-13-33-23;1-24-15-18-16-27-30(21-9-7-20(26)8-10-21)22(18)14-19(24)6-4-11-25(24)17-29(23(31)32-25)13-5-12-28(2)3;1-22-13-16-14-25-27(19-7-5-18(24)6-8-19)20(16)12-17(22)4-2-9-23(22)15-26(10-3-11-28)21(29)30-23/h5-8,14,16,23H,2-4,9-13,15,17H2,1H3;7-10,14,16H,4-6,11-13,15,17H2,1-3H3;5-8,11-12,14H,2-4,9-10,13,15H2,1H3/t25-,26+;24-,25+;22-,23+/m000/s1. The fourth-order valence-electron chi connectivity index (χ4n) is 17.2. The van der Waals surface area contributed by atoms with Gasteiger partial charge in [0.25, 0.3) is 0 Å². The second-order valence-electron chi connectivity index (χ2n) is 28.7. The number of aldehydes is 1. The molecule has 3 amide bonds. The number of carbonyl (C=O) groups excluding carboxylic acids is 4. The highest BCUT2D eigenvalue weighted by Crippen LogP contribution is 2.60. The van der Waals surface area contributed by atoms with Crippen molar-refractivity contribution in [2.45, 2.75) is 147 Å². The quantitative estimate of drug-likeness (QED) is 0.0788. The van der Waals surface area contributed by atoms with Crippen LogP contribution in [0.25, 0.3) is 35.3 Å². The van der Waals surface area contributed by atoms with Crippen molar-refractivity contribution in [3.8, 4) is 17.1 Å². The summed E-state index contributed by atoms with van der Waals surface area (Å²) in [5, 5.41) is 13.8. The summed E-state index contributed by atoms with van der Waals surface area (Å²) >= 11 is 0. The van der Waals surface area contributed by atoms with Gasteiger partial charge in [-0.1, -0.05) is 37.5 Å². The third-order valence-electron chi connectivity index (χ3n) is 22.7. The molecule has 3 saturated carbocycles. The summed E-state index contributed by atoms with van der Waals surface area (Å²) in [6, 6.07) is 19.1. The van der Waals surface area contributed by atoms with Gasteiger partial charge in [-0.05, 0) is 218 Å². The van der Waals surface area contributed by atoms with Crippen LogP contribution >= 0.6 is 0 Å². The first kappa shape index (κ1) is 65.0. The van der Waals surface area contributed by atoms with Gasteiger partial charge in [0, 0.05) is 48.7 Å². The molecule has 16 rings (SSSR count). The first-order chi connectivity index (χ1) is 46.2. The van der Waals surface area contributed by atoms with Gasteiger partial charge in [-0.15, -0.1) is 0 Å². The Bertz CT molecular complexity index is 4050. The predicted molar refractivity (Wildman–Crippen MR) is 353 cm³/mol. The van der Waals surface area contributed by atoms with Crippen LogP contribution in [-0.4, -0.2) is 170 Å². The molecule has 0 unspecified atom stereocenters. The third kappa shape index (κ3) is 11.5. The summed E-state index contributed by atoms with van der Waals surface area (Å²) in [7, 11) is 4.10. The number of benzene rings is 3. The van der Waals surface area contributed by atoms with E-state index in [-0.39, 0.29) is 58.3 Å². The van der Waals surface area contributed by atoms with E-state index in [4.69, 9.17) is 23.7 Å². The Morgan fingerprint density at radius 3 is 1.22 bits per heavy atom. The Hall–Kier alpha value is -8.34. The molecule has 6 aromatic rings. The van der Waals surface area contributed by atoms with E-state index in [0.717, 1.165) is 160 Å². The normalized spacial score (nSPS) is 27.8. The Labute approximate surface area is 557 Å². The largest absolute Gasteiger partial charge is 0.440 e. The van der Waals surface area contributed by atoms with Crippen molar-refractivity contribution in [3.05, 3.63) is 159 Å². The monoisotopic (exact) mass is 1310 g/mol. The summed E-state index contributed by atoms with van der Waals surface area (Å²) in [4.78, 5) is 56.7. The van der Waals surface area contributed by atoms with E-state index >= 15 is 0 Å². The SMILES string of the molecule is CN(C)CCCN1C[C@@]2(CCCC3=Cc4c(cnn4-c4ccc(F)cc4)C[C@@]32C)OC1=O.C[C@]12Cc3cnn(-c4ccc(F)cc4)c3C=C1CCC[C@@]21CN(CCC2OCCCO2)C(=O)O1.C[C@]12Cc3cnn(-c4ccc(F)cc4)c3C=C1CCC[C@@]21CN(CCC=O)C(=O)O1. The molecule has 10 aliphatic rings. The second kappa shape index (κ2) is 25.6. The Morgan fingerprint density at radius 1 is 0.510 bits per heavy atom. The van der Waals surface area contributed by atoms with Crippen molar-refractivity contribution >= 4 is 42.8 Å². The van der Waals surface area contributed by atoms with Gasteiger partial charge >= 0.3 is 18.3 Å². The smallest absolute Gasteiger partial charge is 0.410 e. The minimum Gasteiger partial charge on any atom is -0.440 e. The lowest BCUT2D eigenvalue weighted by Gasteiger charge is -2.51. The molecule has 7 heterocycles. The van der Waals surface area contributed by atoms with Crippen LogP contribution in [0.1, 0.15) is 138 Å². The van der Waals surface area contributed by atoms with Gasteiger partial charge in [-0.25, -0.2) is 41.6 Å². The number of ether oxygens (including phenoxy) is 5. The minimum atomic E-state index is -0.591. The number of hydrogen-bond acceptors (Lipinski definition) is 13. The van der Waals surface area contributed by atoms with Gasteiger partial charge in [0.05, 0.1) is 85.6 Å². The molecule has 96 heavy (non-hydrogen) atoms. The number of nitrogens with zero attached hydrogens (tertiary/aromatic N) is 10. The van der Waals surface area contributed by atoms with Crippen molar-refractivity contribution in [1.82, 2.24) is 48.9 Å². The molecule has 4 saturated heterocycles. The van der Waals surface area contributed by atoms with Crippen LogP contribution in [0, 0.1) is 33.7 Å². The molecular weight excluding hydrogens is 1230 g/mol. The third-order valence-corrected chi connectivity index (χ3v) is 22.7. The van der Waals surface area contributed by atoms with Crippen LogP contribution in [0.3, 0.4) is 0 Å². The molecule has 506 valence electrons.